The summed E-state index contributed by atoms with van der Waals surface area (Å²) in [5.41, 5.74) is 0.110. The van der Waals surface area contributed by atoms with Gasteiger partial charge in [-0.2, -0.15) is 0 Å². The normalized spacial score (nSPS) is 10.2. The predicted octanol–water partition coefficient (Wildman–Crippen LogP) is 3.89. The first kappa shape index (κ1) is 13.0. The van der Waals surface area contributed by atoms with Crippen LogP contribution < -0.4 is 5.32 Å². The van der Waals surface area contributed by atoms with Crippen molar-refractivity contribution >= 4 is 39.1 Å². The molecule has 0 aliphatic rings. The lowest BCUT2D eigenvalue weighted by molar-refractivity contribution is 0.102. The standard InChI is InChI=1S/C12H7BrClFN2O/c13-7-3-2-6-16-10(7)12(18)17-11-8(14)4-1-5-9(11)15/h1-6H,(H,17,18). The minimum absolute atomic E-state index is 0.0540. The van der Waals surface area contributed by atoms with Crippen molar-refractivity contribution in [2.75, 3.05) is 5.32 Å². The Hall–Kier alpha value is -1.46. The molecule has 0 saturated heterocycles. The Bertz CT molecular complexity index is 586. The number of halogens is 3. The average molecular weight is 330 g/mol. The van der Waals surface area contributed by atoms with E-state index in [4.69, 9.17) is 11.6 Å². The van der Waals surface area contributed by atoms with Gasteiger partial charge in [0, 0.05) is 10.7 Å². The van der Waals surface area contributed by atoms with E-state index in [1.54, 1.807) is 12.1 Å². The minimum Gasteiger partial charge on any atom is -0.317 e. The van der Waals surface area contributed by atoms with E-state index >= 15 is 0 Å². The summed E-state index contributed by atoms with van der Waals surface area (Å²) in [6.45, 7) is 0. The van der Waals surface area contributed by atoms with E-state index in [2.05, 4.69) is 26.2 Å². The number of nitrogens with one attached hydrogen (secondary N) is 1. The lowest BCUT2D eigenvalue weighted by Gasteiger charge is -2.08. The molecule has 0 aliphatic heterocycles. The molecule has 1 aromatic carbocycles. The Labute approximate surface area is 116 Å². The van der Waals surface area contributed by atoms with Gasteiger partial charge in [0.25, 0.3) is 5.91 Å². The van der Waals surface area contributed by atoms with Crippen LogP contribution in [0.3, 0.4) is 0 Å². The van der Waals surface area contributed by atoms with Gasteiger partial charge in [-0.3, -0.25) is 4.79 Å². The SMILES string of the molecule is O=C(Nc1c(F)cccc1Cl)c1ncccc1Br. The van der Waals surface area contributed by atoms with Crippen LogP contribution >= 0.6 is 27.5 Å². The summed E-state index contributed by atoms with van der Waals surface area (Å²) < 4.78 is 14.0. The molecule has 0 unspecified atom stereocenters. The molecule has 2 aromatic rings. The zero-order chi connectivity index (χ0) is 13.1. The molecule has 1 heterocycles. The predicted molar refractivity (Wildman–Crippen MR) is 71.3 cm³/mol. The monoisotopic (exact) mass is 328 g/mol. The molecular formula is C12H7BrClFN2O. The fourth-order valence-electron chi connectivity index (χ4n) is 1.34. The first-order valence-corrected chi connectivity index (χ1v) is 6.12. The summed E-state index contributed by atoms with van der Waals surface area (Å²) in [6.07, 6.45) is 1.47. The summed E-state index contributed by atoms with van der Waals surface area (Å²) in [5, 5.41) is 2.53. The van der Waals surface area contributed by atoms with Gasteiger partial charge in [0.05, 0.1) is 10.7 Å². The minimum atomic E-state index is -0.595. The molecule has 0 radical (unpaired) electrons. The Morgan fingerprint density at radius 3 is 2.78 bits per heavy atom. The third-order valence-electron chi connectivity index (χ3n) is 2.17. The van der Waals surface area contributed by atoms with Gasteiger partial charge in [-0.15, -0.1) is 0 Å². The maximum absolute atomic E-state index is 13.5. The van der Waals surface area contributed by atoms with Crippen molar-refractivity contribution in [3.05, 3.63) is 57.5 Å². The highest BCUT2D eigenvalue weighted by molar-refractivity contribution is 9.10. The highest BCUT2D eigenvalue weighted by Gasteiger charge is 2.15. The van der Waals surface area contributed by atoms with E-state index in [0.29, 0.717) is 4.47 Å². The fraction of sp³-hybridized carbons (Fsp3) is 0. The van der Waals surface area contributed by atoms with Gasteiger partial charge in [-0.05, 0) is 40.2 Å². The number of benzene rings is 1. The van der Waals surface area contributed by atoms with E-state index < -0.39 is 11.7 Å². The van der Waals surface area contributed by atoms with Gasteiger partial charge in [0.15, 0.2) is 0 Å². The van der Waals surface area contributed by atoms with Crippen molar-refractivity contribution in [3.63, 3.8) is 0 Å². The summed E-state index contributed by atoms with van der Waals surface area (Å²) in [7, 11) is 0. The number of carbonyl (C=O) groups excluding carboxylic acids is 1. The second kappa shape index (κ2) is 5.46. The lowest BCUT2D eigenvalue weighted by Crippen LogP contribution is -2.15. The van der Waals surface area contributed by atoms with Crippen LogP contribution in [0.15, 0.2) is 41.0 Å². The molecule has 0 saturated carbocycles. The summed E-state index contributed by atoms with van der Waals surface area (Å²) in [5.74, 6) is -1.13. The van der Waals surface area contributed by atoms with Gasteiger partial charge in [0.1, 0.15) is 11.5 Å². The van der Waals surface area contributed by atoms with E-state index in [1.165, 1.54) is 24.4 Å². The Balaban J connectivity index is 2.30. The Morgan fingerprint density at radius 1 is 1.33 bits per heavy atom. The van der Waals surface area contributed by atoms with E-state index in [0.717, 1.165) is 0 Å². The molecule has 6 heteroatoms. The van der Waals surface area contributed by atoms with Gasteiger partial charge in [0.2, 0.25) is 0 Å². The zero-order valence-electron chi connectivity index (χ0n) is 8.95. The molecule has 2 rings (SSSR count). The molecule has 0 aliphatic carbocycles. The van der Waals surface area contributed by atoms with Crippen molar-refractivity contribution < 1.29 is 9.18 Å². The van der Waals surface area contributed by atoms with Gasteiger partial charge in [-0.1, -0.05) is 17.7 Å². The van der Waals surface area contributed by atoms with E-state index in [-0.39, 0.29) is 16.4 Å². The van der Waals surface area contributed by atoms with Crippen LogP contribution in [0.2, 0.25) is 5.02 Å². The summed E-state index contributed by atoms with van der Waals surface area (Å²) in [4.78, 5) is 15.8. The summed E-state index contributed by atoms with van der Waals surface area (Å²) >= 11 is 9.01. The number of hydrogen-bond acceptors (Lipinski definition) is 2. The zero-order valence-corrected chi connectivity index (χ0v) is 11.3. The van der Waals surface area contributed by atoms with Crippen molar-refractivity contribution in [2.24, 2.45) is 0 Å². The van der Waals surface area contributed by atoms with Crippen LogP contribution in [0.4, 0.5) is 10.1 Å². The van der Waals surface area contributed by atoms with Crippen molar-refractivity contribution in [1.29, 1.82) is 0 Å². The number of nitrogens with zero attached hydrogens (tertiary/aromatic N) is 1. The first-order valence-electron chi connectivity index (χ1n) is 4.95. The number of anilines is 1. The molecule has 0 spiro atoms. The van der Waals surface area contributed by atoms with Crippen molar-refractivity contribution in [3.8, 4) is 0 Å². The van der Waals surface area contributed by atoms with E-state index in [1.807, 2.05) is 0 Å². The second-order valence-corrected chi connectivity index (χ2v) is 4.65. The van der Waals surface area contributed by atoms with Crippen LogP contribution in [0.1, 0.15) is 10.5 Å². The van der Waals surface area contributed by atoms with Crippen molar-refractivity contribution in [2.45, 2.75) is 0 Å². The van der Waals surface area contributed by atoms with Crippen LogP contribution in [-0.4, -0.2) is 10.9 Å². The highest BCUT2D eigenvalue weighted by atomic mass is 79.9. The highest BCUT2D eigenvalue weighted by Crippen LogP contribution is 2.25. The number of aromatic nitrogens is 1. The smallest absolute Gasteiger partial charge is 0.275 e. The van der Waals surface area contributed by atoms with Crippen LogP contribution in [-0.2, 0) is 0 Å². The quantitative estimate of drug-likeness (QED) is 0.908. The van der Waals surface area contributed by atoms with Gasteiger partial charge < -0.3 is 5.32 Å². The fourth-order valence-corrected chi connectivity index (χ4v) is 1.99. The van der Waals surface area contributed by atoms with Crippen LogP contribution in [0, 0.1) is 5.82 Å². The maximum Gasteiger partial charge on any atom is 0.275 e. The first-order chi connectivity index (χ1) is 8.59. The topological polar surface area (TPSA) is 42.0 Å². The molecule has 0 bridgehead atoms. The molecule has 0 atom stereocenters. The van der Waals surface area contributed by atoms with Gasteiger partial charge in [-0.25, -0.2) is 9.37 Å². The molecule has 92 valence electrons. The molecule has 1 N–H and O–H groups in total. The van der Waals surface area contributed by atoms with Crippen LogP contribution in [0.25, 0.3) is 0 Å². The Kier molecular flexibility index (Phi) is 3.93. The maximum atomic E-state index is 13.5. The molecule has 3 nitrogen and oxygen atoms in total. The molecule has 0 fully saturated rings. The molecule has 1 aromatic heterocycles. The number of pyridine rings is 1. The Morgan fingerprint density at radius 2 is 2.11 bits per heavy atom. The second-order valence-electron chi connectivity index (χ2n) is 3.38. The third kappa shape index (κ3) is 2.68. The summed E-state index contributed by atoms with van der Waals surface area (Å²) in [6, 6.07) is 7.52. The van der Waals surface area contributed by atoms with Crippen molar-refractivity contribution in [1.82, 2.24) is 4.98 Å². The third-order valence-corrected chi connectivity index (χ3v) is 3.13. The number of carbonyl (C=O) groups is 1. The largest absolute Gasteiger partial charge is 0.317 e. The average Bonchev–Trinajstić information content (AvgIpc) is 2.34. The van der Waals surface area contributed by atoms with E-state index in [9.17, 15) is 9.18 Å². The van der Waals surface area contributed by atoms with Crippen LogP contribution in [0.5, 0.6) is 0 Å². The number of amides is 1. The van der Waals surface area contributed by atoms with Gasteiger partial charge >= 0.3 is 0 Å². The molecular weight excluding hydrogens is 322 g/mol. The molecule has 18 heavy (non-hydrogen) atoms. The number of para-hydroxylation sites is 1. The molecule has 1 amide bonds. The number of rotatable bonds is 2. The number of hydrogen-bond donors (Lipinski definition) is 1. The lowest BCUT2D eigenvalue weighted by atomic mass is 10.2.